The summed E-state index contributed by atoms with van der Waals surface area (Å²) in [5, 5.41) is 2.97. The monoisotopic (exact) mass is 392 g/mol. The van der Waals surface area contributed by atoms with E-state index in [1.807, 2.05) is 0 Å². The third-order valence-corrected chi connectivity index (χ3v) is 5.65. The number of halogens is 2. The zero-order valence-electron chi connectivity index (χ0n) is 14.7. The first-order chi connectivity index (χ1) is 12.8. The van der Waals surface area contributed by atoms with Crippen molar-refractivity contribution >= 4 is 23.3 Å². The maximum absolute atomic E-state index is 13.4. The molecule has 1 aromatic heterocycles. The number of nitrogens with one attached hydrogen (secondary N) is 1. The largest absolute Gasteiger partial charge is 0.484 e. The molecule has 1 amide bonds. The molecule has 0 unspecified atom stereocenters. The number of aryl methyl sites for hydroxylation is 1. The molecule has 3 saturated carbocycles. The van der Waals surface area contributed by atoms with Crippen molar-refractivity contribution in [2.75, 3.05) is 6.61 Å². The summed E-state index contributed by atoms with van der Waals surface area (Å²) in [6.45, 7) is 1.54. The van der Waals surface area contributed by atoms with Crippen LogP contribution in [0.3, 0.4) is 0 Å². The molecule has 3 aliphatic carbocycles. The minimum absolute atomic E-state index is 0.000960. The van der Waals surface area contributed by atoms with Gasteiger partial charge in [-0.25, -0.2) is 9.37 Å². The molecule has 27 heavy (non-hydrogen) atoms. The molecule has 8 heteroatoms. The Hall–Kier alpha value is -2.41. The van der Waals surface area contributed by atoms with Crippen LogP contribution in [-0.4, -0.2) is 28.8 Å². The molecule has 1 aromatic carbocycles. The summed E-state index contributed by atoms with van der Waals surface area (Å²) in [7, 11) is 0. The van der Waals surface area contributed by atoms with E-state index in [1.54, 1.807) is 6.92 Å². The summed E-state index contributed by atoms with van der Waals surface area (Å²) in [4.78, 5) is 28.4. The van der Waals surface area contributed by atoms with Crippen molar-refractivity contribution in [2.45, 2.75) is 38.1 Å². The van der Waals surface area contributed by atoms with Crippen LogP contribution in [0.4, 0.5) is 4.39 Å². The van der Waals surface area contributed by atoms with Crippen LogP contribution in [0.15, 0.2) is 29.0 Å². The summed E-state index contributed by atoms with van der Waals surface area (Å²) in [6.07, 6.45) is 3.97. The number of rotatable bonds is 7. The van der Waals surface area contributed by atoms with Crippen LogP contribution >= 0.6 is 11.6 Å². The fourth-order valence-corrected chi connectivity index (χ4v) is 4.47. The number of amides is 1. The van der Waals surface area contributed by atoms with Crippen molar-refractivity contribution in [3.8, 4) is 5.75 Å². The second kappa shape index (κ2) is 6.34. The average molecular weight is 393 g/mol. The second-order valence-corrected chi connectivity index (χ2v) is 8.00. The minimum Gasteiger partial charge on any atom is -0.484 e. The number of benzene rings is 1. The van der Waals surface area contributed by atoms with E-state index >= 15 is 0 Å². The Bertz CT molecular complexity index is 906. The highest BCUT2D eigenvalue weighted by molar-refractivity contribution is 6.30. The lowest BCUT2D eigenvalue weighted by molar-refractivity contribution is -0.164. The van der Waals surface area contributed by atoms with Crippen molar-refractivity contribution in [1.82, 2.24) is 10.3 Å². The SMILES string of the molecule is Cc1ncoc1C(=O)CC12CC(NC(=O)COc3ccc(Cl)c(F)c3)(C1)C2. The first-order valence-corrected chi connectivity index (χ1v) is 9.00. The Morgan fingerprint density at radius 2 is 2.11 bits per heavy atom. The van der Waals surface area contributed by atoms with Crippen LogP contribution in [0.2, 0.25) is 5.02 Å². The summed E-state index contributed by atoms with van der Waals surface area (Å²) < 4.78 is 23.8. The van der Waals surface area contributed by atoms with E-state index in [0.717, 1.165) is 25.3 Å². The molecule has 6 nitrogen and oxygen atoms in total. The lowest BCUT2D eigenvalue weighted by Gasteiger charge is -2.70. The van der Waals surface area contributed by atoms with E-state index < -0.39 is 5.82 Å². The van der Waals surface area contributed by atoms with Gasteiger partial charge in [0.25, 0.3) is 5.91 Å². The first-order valence-electron chi connectivity index (χ1n) is 8.62. The molecule has 142 valence electrons. The number of nitrogens with zero attached hydrogens (tertiary/aromatic N) is 1. The zero-order valence-corrected chi connectivity index (χ0v) is 15.4. The molecule has 5 rings (SSSR count). The molecular formula is C19H18ClFN2O4. The van der Waals surface area contributed by atoms with Crippen molar-refractivity contribution in [1.29, 1.82) is 0 Å². The maximum atomic E-state index is 13.4. The van der Waals surface area contributed by atoms with Crippen LogP contribution in [0.25, 0.3) is 0 Å². The van der Waals surface area contributed by atoms with E-state index in [2.05, 4.69) is 10.3 Å². The van der Waals surface area contributed by atoms with Gasteiger partial charge in [0.15, 0.2) is 18.8 Å². The predicted octanol–water partition coefficient (Wildman–Crippen LogP) is 3.47. The topological polar surface area (TPSA) is 81.4 Å². The van der Waals surface area contributed by atoms with Gasteiger partial charge in [-0.1, -0.05) is 11.6 Å². The number of ether oxygens (including phenoxy) is 1. The van der Waals surface area contributed by atoms with Gasteiger partial charge in [-0.05, 0) is 43.7 Å². The van der Waals surface area contributed by atoms with Crippen LogP contribution < -0.4 is 10.1 Å². The van der Waals surface area contributed by atoms with E-state index in [0.29, 0.717) is 17.9 Å². The number of Topliss-reactive ketones (excluding diaryl/α,β-unsaturated/α-hetero) is 1. The molecule has 2 aromatic rings. The number of hydrogen-bond donors (Lipinski definition) is 1. The Balaban J connectivity index is 1.24. The van der Waals surface area contributed by atoms with Crippen molar-refractivity contribution in [3.05, 3.63) is 46.9 Å². The summed E-state index contributed by atoms with van der Waals surface area (Å²) >= 11 is 5.61. The number of aromatic nitrogens is 1. The van der Waals surface area contributed by atoms with Gasteiger partial charge in [0, 0.05) is 18.0 Å². The Morgan fingerprint density at radius 1 is 1.37 bits per heavy atom. The Kier molecular flexibility index (Phi) is 4.22. The van der Waals surface area contributed by atoms with Gasteiger partial charge < -0.3 is 14.5 Å². The molecule has 0 saturated heterocycles. The number of carbonyl (C=O) groups is 2. The Labute approximate surface area is 160 Å². The van der Waals surface area contributed by atoms with Crippen molar-refractivity contribution < 1.29 is 23.1 Å². The molecule has 1 N–H and O–H groups in total. The lowest BCUT2D eigenvalue weighted by Crippen LogP contribution is -2.75. The molecule has 0 radical (unpaired) electrons. The van der Waals surface area contributed by atoms with Crippen molar-refractivity contribution in [2.24, 2.45) is 5.41 Å². The fourth-order valence-electron chi connectivity index (χ4n) is 4.36. The van der Waals surface area contributed by atoms with E-state index in [4.69, 9.17) is 20.8 Å². The summed E-state index contributed by atoms with van der Waals surface area (Å²) in [5.41, 5.74) is 0.303. The number of hydrogen-bond acceptors (Lipinski definition) is 5. The quantitative estimate of drug-likeness (QED) is 0.730. The van der Waals surface area contributed by atoms with Gasteiger partial charge in [0.2, 0.25) is 5.78 Å². The smallest absolute Gasteiger partial charge is 0.258 e. The van der Waals surface area contributed by atoms with E-state index in [-0.39, 0.29) is 40.0 Å². The second-order valence-electron chi connectivity index (χ2n) is 7.59. The molecular weight excluding hydrogens is 375 g/mol. The highest BCUT2D eigenvalue weighted by Gasteiger charge is 2.68. The van der Waals surface area contributed by atoms with Gasteiger partial charge in [-0.15, -0.1) is 0 Å². The molecule has 1 heterocycles. The third kappa shape index (κ3) is 3.32. The zero-order chi connectivity index (χ0) is 19.2. The van der Waals surface area contributed by atoms with Gasteiger partial charge in [-0.2, -0.15) is 0 Å². The van der Waals surface area contributed by atoms with Gasteiger partial charge in [-0.3, -0.25) is 9.59 Å². The van der Waals surface area contributed by atoms with Crippen LogP contribution in [-0.2, 0) is 4.79 Å². The Morgan fingerprint density at radius 3 is 2.74 bits per heavy atom. The standard InChI is InChI=1S/C19H18ClFN2O4/c1-11-17(27-10-22-11)15(24)5-18-7-19(8-18,9-18)23-16(25)6-26-12-2-3-13(20)14(21)4-12/h2-4,10H,5-9H2,1H3,(H,23,25). The number of oxazole rings is 1. The molecule has 0 atom stereocenters. The van der Waals surface area contributed by atoms with Crippen LogP contribution in [0.5, 0.6) is 5.75 Å². The minimum atomic E-state index is -0.595. The summed E-state index contributed by atoms with van der Waals surface area (Å²) in [6, 6.07) is 4.02. The van der Waals surface area contributed by atoms with Crippen LogP contribution in [0, 0.1) is 18.2 Å². The fraction of sp³-hybridized carbons (Fsp3) is 0.421. The van der Waals surface area contributed by atoms with E-state index in [1.165, 1.54) is 18.5 Å². The average Bonchev–Trinajstić information content (AvgIpc) is 2.99. The van der Waals surface area contributed by atoms with Gasteiger partial charge in [0.1, 0.15) is 11.6 Å². The molecule has 2 bridgehead atoms. The molecule has 3 fully saturated rings. The van der Waals surface area contributed by atoms with Crippen molar-refractivity contribution in [3.63, 3.8) is 0 Å². The molecule has 0 spiro atoms. The van der Waals surface area contributed by atoms with Gasteiger partial charge >= 0.3 is 0 Å². The van der Waals surface area contributed by atoms with Crippen LogP contribution in [0.1, 0.15) is 41.9 Å². The molecule has 3 aliphatic rings. The normalized spacial score (nSPS) is 25.3. The first kappa shape index (κ1) is 18.0. The lowest BCUT2D eigenvalue weighted by atomic mass is 9.38. The highest BCUT2D eigenvalue weighted by atomic mass is 35.5. The number of ketones is 1. The third-order valence-electron chi connectivity index (χ3n) is 5.34. The summed E-state index contributed by atoms with van der Waals surface area (Å²) in [5.74, 6) is -0.341. The number of carbonyl (C=O) groups excluding carboxylic acids is 2. The molecule has 0 aliphatic heterocycles. The highest BCUT2D eigenvalue weighted by Crippen LogP contribution is 2.69. The predicted molar refractivity (Wildman–Crippen MR) is 94.3 cm³/mol. The van der Waals surface area contributed by atoms with Gasteiger partial charge in [0.05, 0.1) is 10.7 Å². The van der Waals surface area contributed by atoms with E-state index in [9.17, 15) is 14.0 Å². The maximum Gasteiger partial charge on any atom is 0.258 e.